The lowest BCUT2D eigenvalue weighted by Crippen LogP contribution is -2.54. The van der Waals surface area contributed by atoms with Crippen LogP contribution in [0.25, 0.3) is 0 Å². The molecule has 0 radical (unpaired) electrons. The number of anilines is 1. The lowest BCUT2D eigenvalue weighted by molar-refractivity contribution is -0.140. The molecule has 1 N–H and O–H groups in total. The van der Waals surface area contributed by atoms with Crippen LogP contribution in [0.1, 0.15) is 31.4 Å². The van der Waals surface area contributed by atoms with Gasteiger partial charge in [0.1, 0.15) is 18.4 Å². The predicted molar refractivity (Wildman–Crippen MR) is 179 cm³/mol. The first kappa shape index (κ1) is 35.0. The first-order chi connectivity index (χ1) is 22.6. The molecule has 47 heavy (non-hydrogen) atoms. The molecule has 0 bridgehead atoms. The van der Waals surface area contributed by atoms with E-state index in [-0.39, 0.29) is 41.2 Å². The lowest BCUT2D eigenvalue weighted by atomic mass is 10.0. The molecule has 0 aliphatic rings. The zero-order chi connectivity index (χ0) is 34.0. The maximum absolute atomic E-state index is 14.6. The Labute approximate surface area is 276 Å². The molecule has 248 valence electrons. The summed E-state index contributed by atoms with van der Waals surface area (Å²) in [6, 6.07) is 26.0. The number of halogens is 1. The number of nitrogens with one attached hydrogen (secondary N) is 1. The van der Waals surface area contributed by atoms with Gasteiger partial charge >= 0.3 is 0 Å². The molecule has 0 aliphatic heterocycles. The summed E-state index contributed by atoms with van der Waals surface area (Å²) in [4.78, 5) is 29.8. The Kier molecular flexibility index (Phi) is 12.0. The van der Waals surface area contributed by atoms with Gasteiger partial charge in [0.2, 0.25) is 11.8 Å². The van der Waals surface area contributed by atoms with Gasteiger partial charge in [0.05, 0.1) is 24.8 Å². The number of hydrogen-bond donors (Lipinski definition) is 1. The van der Waals surface area contributed by atoms with E-state index in [9.17, 15) is 22.4 Å². The van der Waals surface area contributed by atoms with Crippen molar-refractivity contribution < 1.29 is 31.9 Å². The van der Waals surface area contributed by atoms with Crippen molar-refractivity contribution in [1.29, 1.82) is 0 Å². The molecule has 2 amide bonds. The van der Waals surface area contributed by atoms with E-state index in [2.05, 4.69) is 5.32 Å². The van der Waals surface area contributed by atoms with Crippen molar-refractivity contribution in [1.82, 2.24) is 10.2 Å². The van der Waals surface area contributed by atoms with E-state index >= 15 is 0 Å². The van der Waals surface area contributed by atoms with Crippen molar-refractivity contribution in [3.8, 4) is 11.5 Å². The van der Waals surface area contributed by atoms with Crippen LogP contribution in [0.2, 0.25) is 0 Å². The normalized spacial score (nSPS) is 12.4. The summed E-state index contributed by atoms with van der Waals surface area (Å²) in [7, 11) is -1.40. The van der Waals surface area contributed by atoms with E-state index in [0.29, 0.717) is 17.7 Å². The molecule has 0 aromatic heterocycles. The minimum absolute atomic E-state index is 0.0250. The number of hydrogen-bond acceptors (Lipinski definition) is 6. The van der Waals surface area contributed by atoms with Gasteiger partial charge < -0.3 is 19.7 Å². The number of methoxy groups -OCH3 is 2. The summed E-state index contributed by atoms with van der Waals surface area (Å²) in [5.41, 5.74) is 1.53. The van der Waals surface area contributed by atoms with Gasteiger partial charge in [-0.05, 0) is 60.9 Å². The second-order valence-corrected chi connectivity index (χ2v) is 12.9. The molecule has 4 rings (SSSR count). The molecule has 0 saturated heterocycles. The van der Waals surface area contributed by atoms with Gasteiger partial charge in [-0.15, -0.1) is 0 Å². The fourth-order valence-electron chi connectivity index (χ4n) is 5.01. The molecular formula is C36H40FN3O6S. The van der Waals surface area contributed by atoms with Crippen molar-refractivity contribution in [3.05, 3.63) is 120 Å². The van der Waals surface area contributed by atoms with Crippen LogP contribution in [0, 0.1) is 5.82 Å². The summed E-state index contributed by atoms with van der Waals surface area (Å²) >= 11 is 0. The summed E-state index contributed by atoms with van der Waals surface area (Å²) in [6.45, 7) is 3.09. The Morgan fingerprint density at radius 3 is 2.04 bits per heavy atom. The first-order valence-corrected chi connectivity index (χ1v) is 16.7. The number of sulfonamides is 1. The van der Waals surface area contributed by atoms with Crippen LogP contribution in [0.3, 0.4) is 0 Å². The summed E-state index contributed by atoms with van der Waals surface area (Å²) in [5.74, 6) is -0.826. The summed E-state index contributed by atoms with van der Waals surface area (Å²) < 4.78 is 54.0. The standard InChI is InChI=1S/C36H40FN3O6S/c1-5-26(2)38-36(42)32(22-27-12-8-6-9-13-27)39(24-28-16-18-29(37)19-17-28)35(41)25-40(47(43,44)31-14-10-7-11-15-31)30-20-21-33(45-3)34(23-30)46-4/h6-21,23,26,32H,5,22,24-25H2,1-4H3,(H,38,42)/t26-,32+/m0/s1. The molecule has 2 atom stereocenters. The van der Waals surface area contributed by atoms with Crippen LogP contribution >= 0.6 is 0 Å². The Morgan fingerprint density at radius 2 is 1.45 bits per heavy atom. The first-order valence-electron chi connectivity index (χ1n) is 15.2. The van der Waals surface area contributed by atoms with Crippen LogP contribution in [0.4, 0.5) is 10.1 Å². The number of ether oxygens (including phenoxy) is 2. The molecule has 0 heterocycles. The maximum atomic E-state index is 14.6. The number of benzene rings is 4. The van der Waals surface area contributed by atoms with Gasteiger partial charge in [0.25, 0.3) is 10.0 Å². The minimum Gasteiger partial charge on any atom is -0.493 e. The molecular weight excluding hydrogens is 621 g/mol. The maximum Gasteiger partial charge on any atom is 0.264 e. The average Bonchev–Trinajstić information content (AvgIpc) is 3.09. The smallest absolute Gasteiger partial charge is 0.264 e. The molecule has 4 aromatic rings. The van der Waals surface area contributed by atoms with Gasteiger partial charge in [-0.1, -0.05) is 67.6 Å². The van der Waals surface area contributed by atoms with E-state index < -0.39 is 34.3 Å². The van der Waals surface area contributed by atoms with Crippen molar-refractivity contribution in [2.75, 3.05) is 25.1 Å². The van der Waals surface area contributed by atoms with Crippen molar-refractivity contribution in [2.45, 2.75) is 50.2 Å². The van der Waals surface area contributed by atoms with Gasteiger partial charge in [-0.3, -0.25) is 13.9 Å². The van der Waals surface area contributed by atoms with Crippen molar-refractivity contribution >= 4 is 27.5 Å². The van der Waals surface area contributed by atoms with Gasteiger partial charge in [0, 0.05) is 25.1 Å². The van der Waals surface area contributed by atoms with E-state index in [1.807, 2.05) is 44.2 Å². The van der Waals surface area contributed by atoms with E-state index in [0.717, 1.165) is 9.87 Å². The van der Waals surface area contributed by atoms with Crippen LogP contribution < -0.4 is 19.1 Å². The zero-order valence-corrected chi connectivity index (χ0v) is 27.7. The summed E-state index contributed by atoms with van der Waals surface area (Å²) in [5, 5.41) is 2.99. The highest BCUT2D eigenvalue weighted by Gasteiger charge is 2.35. The van der Waals surface area contributed by atoms with Crippen molar-refractivity contribution in [2.24, 2.45) is 0 Å². The van der Waals surface area contributed by atoms with Gasteiger partial charge in [0.15, 0.2) is 11.5 Å². The Bertz CT molecular complexity index is 1740. The SMILES string of the molecule is CC[C@H](C)NC(=O)[C@@H](Cc1ccccc1)N(Cc1ccc(F)cc1)C(=O)CN(c1ccc(OC)c(OC)c1)S(=O)(=O)c1ccccc1. The highest BCUT2D eigenvalue weighted by molar-refractivity contribution is 7.92. The minimum atomic E-state index is -4.29. The zero-order valence-electron chi connectivity index (χ0n) is 26.9. The number of rotatable bonds is 15. The molecule has 4 aromatic carbocycles. The average molecular weight is 662 g/mol. The molecule has 0 saturated carbocycles. The quantitative estimate of drug-likeness (QED) is 0.178. The largest absolute Gasteiger partial charge is 0.493 e. The molecule has 0 spiro atoms. The number of amides is 2. The number of nitrogens with zero attached hydrogens (tertiary/aromatic N) is 2. The van der Waals surface area contributed by atoms with E-state index in [1.165, 1.54) is 67.7 Å². The second kappa shape index (κ2) is 16.1. The van der Waals surface area contributed by atoms with E-state index in [1.54, 1.807) is 24.3 Å². The number of carbonyl (C=O) groups is 2. The molecule has 9 nitrogen and oxygen atoms in total. The highest BCUT2D eigenvalue weighted by Crippen LogP contribution is 2.34. The highest BCUT2D eigenvalue weighted by atomic mass is 32.2. The fourth-order valence-corrected chi connectivity index (χ4v) is 6.44. The third-order valence-electron chi connectivity index (χ3n) is 7.80. The second-order valence-electron chi connectivity index (χ2n) is 11.0. The lowest BCUT2D eigenvalue weighted by Gasteiger charge is -2.34. The monoisotopic (exact) mass is 661 g/mol. The van der Waals surface area contributed by atoms with E-state index in [4.69, 9.17) is 9.47 Å². The number of carbonyl (C=O) groups excluding carboxylic acids is 2. The van der Waals surface area contributed by atoms with Crippen LogP contribution in [0.5, 0.6) is 11.5 Å². The third-order valence-corrected chi connectivity index (χ3v) is 9.59. The molecule has 0 aliphatic carbocycles. The Morgan fingerprint density at radius 1 is 0.830 bits per heavy atom. The molecule has 11 heteroatoms. The molecule has 0 unspecified atom stereocenters. The Balaban J connectivity index is 1.83. The van der Waals surface area contributed by atoms with Crippen LogP contribution in [0.15, 0.2) is 108 Å². The fraction of sp³-hybridized carbons (Fsp3) is 0.278. The van der Waals surface area contributed by atoms with Crippen molar-refractivity contribution in [3.63, 3.8) is 0 Å². The topological polar surface area (TPSA) is 105 Å². The Hall–Kier alpha value is -4.90. The van der Waals surface area contributed by atoms with Crippen LogP contribution in [-0.2, 0) is 32.6 Å². The van der Waals surface area contributed by atoms with Gasteiger partial charge in [-0.25, -0.2) is 12.8 Å². The molecule has 0 fully saturated rings. The predicted octanol–water partition coefficient (Wildman–Crippen LogP) is 5.59. The third kappa shape index (κ3) is 8.88. The summed E-state index contributed by atoms with van der Waals surface area (Å²) in [6.07, 6.45) is 0.829. The van der Waals surface area contributed by atoms with Gasteiger partial charge in [-0.2, -0.15) is 0 Å². The van der Waals surface area contributed by atoms with Crippen LogP contribution in [-0.4, -0.2) is 58.0 Å².